The average molecular weight is 512 g/mol. The molecular weight excluding hydrogens is 488 g/mol. The fourth-order valence-electron chi connectivity index (χ4n) is 5.76. The Balaban J connectivity index is 1.32. The van der Waals surface area contributed by atoms with Gasteiger partial charge in [0.2, 0.25) is 0 Å². The van der Waals surface area contributed by atoms with Crippen LogP contribution in [-0.2, 0) is 5.44 Å². The van der Waals surface area contributed by atoms with Crippen LogP contribution in [-0.4, -0.2) is 29.4 Å². The number of anilines is 2. The van der Waals surface area contributed by atoms with E-state index in [1.54, 1.807) is 24.4 Å². The number of rotatable bonds is 7. The number of nitrogens with one attached hydrogen (secondary N) is 4. The molecule has 0 amide bonds. The Morgan fingerprint density at radius 3 is 2.62 bits per heavy atom. The van der Waals surface area contributed by atoms with Gasteiger partial charge >= 0.3 is 0 Å². The molecule has 0 saturated heterocycles. The molecule has 10 heteroatoms. The van der Waals surface area contributed by atoms with Gasteiger partial charge in [-0.15, -0.1) is 5.53 Å². The van der Waals surface area contributed by atoms with Gasteiger partial charge in [0.15, 0.2) is 0 Å². The average Bonchev–Trinajstić information content (AvgIpc) is 3.56. The molecular formula is C27H24BClFN7. The number of aromatic nitrogens is 1. The van der Waals surface area contributed by atoms with E-state index in [9.17, 15) is 9.65 Å². The lowest BCUT2D eigenvalue weighted by Gasteiger charge is -2.62. The quantitative estimate of drug-likeness (QED) is 0.344. The van der Waals surface area contributed by atoms with Crippen molar-refractivity contribution in [1.29, 1.82) is 5.26 Å². The first-order valence-corrected chi connectivity index (χ1v) is 12.9. The van der Waals surface area contributed by atoms with Crippen molar-refractivity contribution in [3.63, 3.8) is 0 Å². The number of pyridine rings is 1. The van der Waals surface area contributed by atoms with Crippen molar-refractivity contribution >= 4 is 41.7 Å². The summed E-state index contributed by atoms with van der Waals surface area (Å²) in [5.74, 6) is 0.446. The summed E-state index contributed by atoms with van der Waals surface area (Å²) in [5, 5.41) is 20.1. The predicted octanol–water partition coefficient (Wildman–Crippen LogP) is 4.63. The molecule has 1 unspecified atom stereocenters. The molecule has 2 bridgehead atoms. The Hall–Kier alpha value is -3.48. The molecule has 4 aliphatic carbocycles. The first-order valence-electron chi connectivity index (χ1n) is 12.5. The molecule has 2 radical (unpaired) electrons. The molecule has 7 nitrogen and oxygen atoms in total. The highest BCUT2D eigenvalue weighted by Gasteiger charge is 2.56. The monoisotopic (exact) mass is 511 g/mol. The fraction of sp³-hybridized carbons (Fsp3) is 0.333. The molecule has 8 rings (SSSR count). The second-order valence-electron chi connectivity index (χ2n) is 10.8. The number of benzene rings is 2. The van der Waals surface area contributed by atoms with Crippen molar-refractivity contribution in [3.8, 4) is 6.07 Å². The minimum atomic E-state index is -1.23. The molecule has 184 valence electrons. The number of fused-ring (bicyclic) bond motifs is 1. The van der Waals surface area contributed by atoms with Gasteiger partial charge in [0.05, 0.1) is 32.9 Å². The third-order valence-corrected chi connectivity index (χ3v) is 8.36. The summed E-state index contributed by atoms with van der Waals surface area (Å²) in [4.78, 5) is 4.48. The van der Waals surface area contributed by atoms with Gasteiger partial charge in [0, 0.05) is 35.1 Å². The van der Waals surface area contributed by atoms with Crippen molar-refractivity contribution in [1.82, 2.24) is 21.0 Å². The number of hydrogen-bond acceptors (Lipinski definition) is 7. The molecule has 2 aromatic carbocycles. The Kier molecular flexibility index (Phi) is 4.91. The van der Waals surface area contributed by atoms with Gasteiger partial charge in [0.1, 0.15) is 19.7 Å². The van der Waals surface area contributed by atoms with Gasteiger partial charge in [-0.25, -0.2) is 4.39 Å². The maximum absolute atomic E-state index is 13.8. The van der Waals surface area contributed by atoms with Crippen LogP contribution < -0.4 is 21.6 Å². The fourth-order valence-corrected chi connectivity index (χ4v) is 6.03. The van der Waals surface area contributed by atoms with Gasteiger partial charge in [-0.2, -0.15) is 5.26 Å². The molecule has 4 fully saturated rings. The van der Waals surface area contributed by atoms with E-state index in [2.05, 4.69) is 32.6 Å². The molecule has 1 aromatic heterocycles. The Morgan fingerprint density at radius 2 is 1.97 bits per heavy atom. The number of nitrogens with zero attached hydrogens (tertiary/aromatic N) is 3. The van der Waals surface area contributed by atoms with Crippen LogP contribution in [0.1, 0.15) is 43.2 Å². The summed E-state index contributed by atoms with van der Waals surface area (Å²) in [6.45, 7) is 0. The van der Waals surface area contributed by atoms with Gasteiger partial charge < -0.3 is 16.1 Å². The molecule has 4 saturated carbocycles. The molecule has 37 heavy (non-hydrogen) atoms. The van der Waals surface area contributed by atoms with Crippen LogP contribution in [0.25, 0.3) is 10.9 Å². The summed E-state index contributed by atoms with van der Waals surface area (Å²) < 4.78 is 13.8. The van der Waals surface area contributed by atoms with E-state index in [-0.39, 0.29) is 11.4 Å². The first kappa shape index (κ1) is 22.7. The van der Waals surface area contributed by atoms with E-state index in [4.69, 9.17) is 19.4 Å². The highest BCUT2D eigenvalue weighted by Crippen LogP contribution is 2.59. The zero-order valence-corrected chi connectivity index (χ0v) is 20.7. The SMILES string of the molecule is [B]C(Nc1cc(Cl)c2ncc(C#N)c(NC34CC(C3)C4)c2c1)(C1=CN(C2CC2)NN1)c1ccc(F)cc1. The number of hydrazine groups is 2. The highest BCUT2D eigenvalue weighted by atomic mass is 35.5. The zero-order valence-electron chi connectivity index (χ0n) is 20.0. The number of halogens is 2. The minimum Gasteiger partial charge on any atom is -0.378 e. The van der Waals surface area contributed by atoms with Crippen LogP contribution in [0.15, 0.2) is 54.5 Å². The lowest BCUT2D eigenvalue weighted by molar-refractivity contribution is 0.00222. The normalized spacial score (nSPS) is 25.3. The van der Waals surface area contributed by atoms with Gasteiger partial charge in [-0.3, -0.25) is 9.99 Å². The maximum atomic E-state index is 13.8. The molecule has 0 spiro atoms. The van der Waals surface area contributed by atoms with Crippen molar-refractivity contribution < 1.29 is 4.39 Å². The lowest BCUT2D eigenvalue weighted by atomic mass is 9.50. The van der Waals surface area contributed by atoms with Gasteiger partial charge in [-0.05, 0) is 67.9 Å². The second-order valence-corrected chi connectivity index (χ2v) is 11.2. The zero-order chi connectivity index (χ0) is 25.4. The summed E-state index contributed by atoms with van der Waals surface area (Å²) in [5.41, 5.74) is 9.02. The third kappa shape index (κ3) is 3.70. The Morgan fingerprint density at radius 1 is 1.22 bits per heavy atom. The molecule has 5 aliphatic rings. The van der Waals surface area contributed by atoms with Gasteiger partial charge in [0.25, 0.3) is 0 Å². The van der Waals surface area contributed by atoms with Crippen LogP contribution in [0.2, 0.25) is 5.02 Å². The first-order chi connectivity index (χ1) is 17.9. The van der Waals surface area contributed by atoms with E-state index < -0.39 is 5.44 Å². The van der Waals surface area contributed by atoms with Crippen molar-refractivity contribution in [2.45, 2.75) is 49.1 Å². The van der Waals surface area contributed by atoms with Crippen LogP contribution in [0.4, 0.5) is 15.8 Å². The largest absolute Gasteiger partial charge is 0.378 e. The maximum Gasteiger partial charge on any atom is 0.123 e. The van der Waals surface area contributed by atoms with E-state index in [0.29, 0.717) is 39.1 Å². The minimum absolute atomic E-state index is 0.0582. The molecule has 3 aromatic rings. The Labute approximate surface area is 220 Å². The lowest BCUT2D eigenvalue weighted by Crippen LogP contribution is -2.63. The van der Waals surface area contributed by atoms with E-state index in [1.807, 2.05) is 17.3 Å². The van der Waals surface area contributed by atoms with E-state index >= 15 is 0 Å². The third-order valence-electron chi connectivity index (χ3n) is 8.07. The second kappa shape index (κ2) is 8.01. The molecule has 4 N–H and O–H groups in total. The standard InChI is InChI=1S/C27H24BClFN7/c28-27(17-1-3-18(30)4-2-17,23-14-37(36-35-23)20-5-6-20)33-19-7-21-24(34-26-9-15(10-26)11-26)16(12-31)13-32-25(21)22(29)8-19/h1-4,7-8,13-15,20,33,35-36H,5-6,9-11H2,(H,32,34). The number of hydrogen-bond donors (Lipinski definition) is 4. The van der Waals surface area contributed by atoms with E-state index in [1.165, 1.54) is 12.1 Å². The topological polar surface area (TPSA) is 88.0 Å². The highest BCUT2D eigenvalue weighted by molar-refractivity contribution is 6.36. The molecule has 2 heterocycles. The summed E-state index contributed by atoms with van der Waals surface area (Å²) in [6.07, 6.45) is 9.09. The van der Waals surface area contributed by atoms with Gasteiger partial charge in [-0.1, -0.05) is 23.7 Å². The van der Waals surface area contributed by atoms with Crippen molar-refractivity contribution in [3.05, 3.63) is 76.5 Å². The predicted molar refractivity (Wildman–Crippen MR) is 142 cm³/mol. The van der Waals surface area contributed by atoms with Crippen LogP contribution in [0, 0.1) is 23.1 Å². The summed E-state index contributed by atoms with van der Waals surface area (Å²) in [7, 11) is 7.06. The summed E-state index contributed by atoms with van der Waals surface area (Å²) >= 11 is 6.73. The van der Waals surface area contributed by atoms with Crippen LogP contribution in [0.5, 0.6) is 0 Å². The smallest absolute Gasteiger partial charge is 0.123 e. The van der Waals surface area contributed by atoms with Crippen LogP contribution >= 0.6 is 11.6 Å². The van der Waals surface area contributed by atoms with E-state index in [0.717, 1.165) is 49.1 Å². The molecule has 1 atom stereocenters. The summed E-state index contributed by atoms with van der Waals surface area (Å²) in [6, 6.07) is 12.5. The number of nitriles is 1. The van der Waals surface area contributed by atoms with Crippen molar-refractivity contribution in [2.24, 2.45) is 5.92 Å². The Bertz CT molecular complexity index is 1480. The van der Waals surface area contributed by atoms with Crippen molar-refractivity contribution in [2.75, 3.05) is 10.6 Å². The van der Waals surface area contributed by atoms with Crippen LogP contribution in [0.3, 0.4) is 0 Å². The molecule has 1 aliphatic heterocycles.